The molecule has 0 heterocycles. The molecule has 0 saturated heterocycles. The molecule has 2 rings (SSSR count). The topological polar surface area (TPSA) is 47.6 Å². The lowest BCUT2D eigenvalue weighted by molar-refractivity contribution is -0.119. The summed E-state index contributed by atoms with van der Waals surface area (Å²) in [6.45, 7) is 6.60. The molecule has 0 aliphatic carbocycles. The molecule has 1 N–H and O–H groups in total. The van der Waals surface area contributed by atoms with Gasteiger partial charge in [-0.15, -0.1) is 11.8 Å². The van der Waals surface area contributed by atoms with Crippen LogP contribution in [0.1, 0.15) is 31.0 Å². The summed E-state index contributed by atoms with van der Waals surface area (Å²) in [5, 5.41) is 3.04. The van der Waals surface area contributed by atoms with Crippen molar-refractivity contribution in [3.05, 3.63) is 53.6 Å². The lowest BCUT2D eigenvalue weighted by atomic mass is 10.0. The predicted molar refractivity (Wildman–Crippen MR) is 103 cm³/mol. The normalized spacial score (nSPS) is 11.7. The Kier molecular flexibility index (Phi) is 7.19. The number of hydrogen-bond acceptors (Lipinski definition) is 4. The van der Waals surface area contributed by atoms with E-state index in [-0.39, 0.29) is 11.9 Å². The second-order valence-corrected chi connectivity index (χ2v) is 6.78. The zero-order valence-corrected chi connectivity index (χ0v) is 16.0. The molecule has 134 valence electrons. The number of carbonyl (C=O) groups is 1. The molecule has 0 fully saturated rings. The molecule has 0 spiro atoms. The number of benzene rings is 2. The summed E-state index contributed by atoms with van der Waals surface area (Å²) in [6, 6.07) is 13.6. The zero-order valence-electron chi connectivity index (χ0n) is 15.2. The first kappa shape index (κ1) is 19.2. The standard InChI is InChI=1S/C20H25NO3S/c1-5-24-16-7-9-17(10-8-16)25-13-20(22)21-15(3)18-12-14(2)6-11-19(18)23-4/h6-12,15H,5,13H2,1-4H3,(H,21,22)/t15-/m1/s1. The van der Waals surface area contributed by atoms with Crippen LogP contribution in [0.15, 0.2) is 47.4 Å². The van der Waals surface area contributed by atoms with E-state index >= 15 is 0 Å². The Morgan fingerprint density at radius 3 is 2.56 bits per heavy atom. The van der Waals surface area contributed by atoms with Gasteiger partial charge in [0.2, 0.25) is 5.91 Å². The van der Waals surface area contributed by atoms with Gasteiger partial charge in [-0.1, -0.05) is 17.7 Å². The van der Waals surface area contributed by atoms with Gasteiger partial charge in [-0.2, -0.15) is 0 Å². The Hall–Kier alpha value is -2.14. The number of carbonyl (C=O) groups excluding carboxylic acids is 1. The second-order valence-electron chi connectivity index (χ2n) is 5.73. The summed E-state index contributed by atoms with van der Waals surface area (Å²) in [7, 11) is 1.64. The van der Waals surface area contributed by atoms with Crippen LogP contribution in [0.25, 0.3) is 0 Å². The Bertz CT molecular complexity index is 701. The molecule has 0 bridgehead atoms. The number of nitrogens with one attached hydrogen (secondary N) is 1. The van der Waals surface area contributed by atoms with Crippen molar-refractivity contribution in [1.29, 1.82) is 0 Å². The van der Waals surface area contributed by atoms with Gasteiger partial charge in [-0.25, -0.2) is 0 Å². The van der Waals surface area contributed by atoms with Crippen molar-refractivity contribution in [1.82, 2.24) is 5.32 Å². The maximum absolute atomic E-state index is 12.3. The van der Waals surface area contributed by atoms with Crippen molar-refractivity contribution in [2.75, 3.05) is 19.5 Å². The highest BCUT2D eigenvalue weighted by atomic mass is 32.2. The average molecular weight is 359 g/mol. The van der Waals surface area contributed by atoms with Crippen LogP contribution in [0.2, 0.25) is 0 Å². The van der Waals surface area contributed by atoms with Crippen LogP contribution >= 0.6 is 11.8 Å². The highest BCUT2D eigenvalue weighted by Crippen LogP contribution is 2.26. The number of thioether (sulfide) groups is 1. The average Bonchev–Trinajstić information content (AvgIpc) is 2.61. The number of rotatable bonds is 8. The molecule has 1 amide bonds. The number of ether oxygens (including phenoxy) is 2. The first-order valence-electron chi connectivity index (χ1n) is 8.33. The monoisotopic (exact) mass is 359 g/mol. The number of aryl methyl sites for hydroxylation is 1. The van der Waals surface area contributed by atoms with Gasteiger partial charge in [0.25, 0.3) is 0 Å². The van der Waals surface area contributed by atoms with Crippen LogP contribution in [0.5, 0.6) is 11.5 Å². The fraction of sp³-hybridized carbons (Fsp3) is 0.350. The highest BCUT2D eigenvalue weighted by molar-refractivity contribution is 8.00. The van der Waals surface area contributed by atoms with E-state index in [1.165, 1.54) is 11.8 Å². The molecule has 2 aromatic carbocycles. The molecule has 4 nitrogen and oxygen atoms in total. The van der Waals surface area contributed by atoms with Gasteiger partial charge in [0.05, 0.1) is 25.5 Å². The van der Waals surface area contributed by atoms with Crippen molar-refractivity contribution >= 4 is 17.7 Å². The lowest BCUT2D eigenvalue weighted by Crippen LogP contribution is -2.28. The summed E-state index contributed by atoms with van der Waals surface area (Å²) < 4.78 is 10.8. The van der Waals surface area contributed by atoms with E-state index in [9.17, 15) is 4.79 Å². The quantitative estimate of drug-likeness (QED) is 0.711. The first-order valence-corrected chi connectivity index (χ1v) is 9.31. The summed E-state index contributed by atoms with van der Waals surface area (Å²) in [5.74, 6) is 2.00. The van der Waals surface area contributed by atoms with E-state index < -0.39 is 0 Å². The zero-order chi connectivity index (χ0) is 18.2. The Morgan fingerprint density at radius 1 is 1.20 bits per heavy atom. The van der Waals surface area contributed by atoms with E-state index in [4.69, 9.17) is 9.47 Å². The molecular formula is C20H25NO3S. The van der Waals surface area contributed by atoms with Crippen LogP contribution in [-0.4, -0.2) is 25.4 Å². The third-order valence-electron chi connectivity index (χ3n) is 3.73. The Labute approximate surface area is 153 Å². The molecule has 0 saturated carbocycles. The van der Waals surface area contributed by atoms with E-state index in [1.807, 2.05) is 63.2 Å². The largest absolute Gasteiger partial charge is 0.496 e. The van der Waals surface area contributed by atoms with E-state index in [1.54, 1.807) is 7.11 Å². The molecular weight excluding hydrogens is 334 g/mol. The summed E-state index contributed by atoms with van der Waals surface area (Å²) in [6.07, 6.45) is 0. The number of methoxy groups -OCH3 is 1. The van der Waals surface area contributed by atoms with E-state index in [0.717, 1.165) is 27.5 Å². The van der Waals surface area contributed by atoms with E-state index in [0.29, 0.717) is 12.4 Å². The van der Waals surface area contributed by atoms with Crippen LogP contribution < -0.4 is 14.8 Å². The third-order valence-corrected chi connectivity index (χ3v) is 4.75. The van der Waals surface area contributed by atoms with Gasteiger partial charge in [0.1, 0.15) is 11.5 Å². The molecule has 2 aromatic rings. The number of amides is 1. The van der Waals surface area contributed by atoms with Crippen LogP contribution in [0, 0.1) is 6.92 Å². The van der Waals surface area contributed by atoms with Crippen LogP contribution in [0.3, 0.4) is 0 Å². The van der Waals surface area contributed by atoms with Crippen molar-refractivity contribution < 1.29 is 14.3 Å². The van der Waals surface area contributed by atoms with Gasteiger partial charge in [0.15, 0.2) is 0 Å². The highest BCUT2D eigenvalue weighted by Gasteiger charge is 2.14. The molecule has 0 aliphatic rings. The molecule has 0 aliphatic heterocycles. The third kappa shape index (κ3) is 5.71. The summed E-state index contributed by atoms with van der Waals surface area (Å²) in [4.78, 5) is 13.3. The van der Waals surface area contributed by atoms with Crippen molar-refractivity contribution in [2.45, 2.75) is 31.7 Å². The molecule has 0 aromatic heterocycles. The maximum atomic E-state index is 12.3. The van der Waals surface area contributed by atoms with Gasteiger partial charge < -0.3 is 14.8 Å². The predicted octanol–water partition coefficient (Wildman–Crippen LogP) is 4.37. The molecule has 0 unspecified atom stereocenters. The fourth-order valence-corrected chi connectivity index (χ4v) is 3.21. The molecule has 5 heteroatoms. The lowest BCUT2D eigenvalue weighted by Gasteiger charge is -2.18. The Morgan fingerprint density at radius 2 is 1.92 bits per heavy atom. The molecule has 0 radical (unpaired) electrons. The van der Waals surface area contributed by atoms with E-state index in [2.05, 4.69) is 5.32 Å². The maximum Gasteiger partial charge on any atom is 0.230 e. The van der Waals surface area contributed by atoms with Gasteiger partial charge in [-0.3, -0.25) is 4.79 Å². The van der Waals surface area contributed by atoms with Crippen LogP contribution in [-0.2, 0) is 4.79 Å². The minimum absolute atomic E-state index is 0.00468. The fourth-order valence-electron chi connectivity index (χ4n) is 2.50. The SMILES string of the molecule is CCOc1ccc(SCC(=O)N[C@H](C)c2cc(C)ccc2OC)cc1. The first-order chi connectivity index (χ1) is 12.0. The van der Waals surface area contributed by atoms with Crippen molar-refractivity contribution in [3.8, 4) is 11.5 Å². The van der Waals surface area contributed by atoms with Crippen molar-refractivity contribution in [3.63, 3.8) is 0 Å². The molecule has 25 heavy (non-hydrogen) atoms. The van der Waals surface area contributed by atoms with Gasteiger partial charge in [0, 0.05) is 10.5 Å². The second kappa shape index (κ2) is 9.37. The Balaban J connectivity index is 1.90. The van der Waals surface area contributed by atoms with Gasteiger partial charge >= 0.3 is 0 Å². The molecule has 1 atom stereocenters. The smallest absolute Gasteiger partial charge is 0.230 e. The summed E-state index contributed by atoms with van der Waals surface area (Å²) in [5.41, 5.74) is 2.13. The number of hydrogen-bond donors (Lipinski definition) is 1. The van der Waals surface area contributed by atoms with Crippen molar-refractivity contribution in [2.24, 2.45) is 0 Å². The van der Waals surface area contributed by atoms with Gasteiger partial charge in [-0.05, 0) is 51.1 Å². The summed E-state index contributed by atoms with van der Waals surface area (Å²) >= 11 is 1.51. The minimum Gasteiger partial charge on any atom is -0.496 e. The van der Waals surface area contributed by atoms with Crippen LogP contribution in [0.4, 0.5) is 0 Å². The minimum atomic E-state index is -0.108.